The average Bonchev–Trinajstić information content (AvgIpc) is 2.64. The molecule has 2 aromatic carbocycles. The third-order valence-corrected chi connectivity index (χ3v) is 4.06. The number of carbonyl (C=O) groups is 2. The summed E-state index contributed by atoms with van der Waals surface area (Å²) in [6, 6.07) is 15.8. The molecule has 2 rings (SSSR count). The van der Waals surface area contributed by atoms with E-state index in [0.717, 1.165) is 24.1 Å². The highest BCUT2D eigenvalue weighted by molar-refractivity contribution is 5.93. The van der Waals surface area contributed by atoms with Crippen LogP contribution in [0.3, 0.4) is 0 Å². The first-order chi connectivity index (χ1) is 12.5. The van der Waals surface area contributed by atoms with Crippen molar-refractivity contribution in [2.24, 2.45) is 5.10 Å². The molecular formula is C21H25N3O2. The van der Waals surface area contributed by atoms with Crippen molar-refractivity contribution in [3.05, 3.63) is 65.2 Å². The first kappa shape index (κ1) is 19.4. The number of hydrazone groups is 1. The molecule has 0 atom stereocenters. The number of hydrogen-bond donors (Lipinski definition) is 2. The molecule has 136 valence electrons. The highest BCUT2D eigenvalue weighted by atomic mass is 16.2. The highest BCUT2D eigenvalue weighted by Crippen LogP contribution is 2.14. The van der Waals surface area contributed by atoms with Gasteiger partial charge in [0.2, 0.25) is 11.8 Å². The van der Waals surface area contributed by atoms with Gasteiger partial charge in [-0.2, -0.15) is 5.10 Å². The Labute approximate surface area is 154 Å². The molecule has 0 saturated heterocycles. The number of nitrogens with one attached hydrogen (secondary N) is 2. The molecule has 0 saturated carbocycles. The lowest BCUT2D eigenvalue weighted by Gasteiger charge is -2.07. The molecule has 0 aliphatic heterocycles. The number of carbonyl (C=O) groups excluding carboxylic acids is 2. The molecule has 2 N–H and O–H groups in total. The predicted octanol–water partition coefficient (Wildman–Crippen LogP) is 3.76. The molecule has 0 spiro atoms. The van der Waals surface area contributed by atoms with Gasteiger partial charge in [0.1, 0.15) is 0 Å². The van der Waals surface area contributed by atoms with Crippen LogP contribution in [-0.4, -0.2) is 18.0 Å². The second-order valence-corrected chi connectivity index (χ2v) is 6.22. The van der Waals surface area contributed by atoms with Crippen LogP contribution in [-0.2, 0) is 16.0 Å². The zero-order valence-corrected chi connectivity index (χ0v) is 15.3. The lowest BCUT2D eigenvalue weighted by atomic mass is 10.1. The minimum absolute atomic E-state index is 0.104. The van der Waals surface area contributed by atoms with Gasteiger partial charge in [-0.05, 0) is 55.5 Å². The number of anilines is 1. The molecular weight excluding hydrogens is 326 g/mol. The van der Waals surface area contributed by atoms with Gasteiger partial charge in [-0.25, -0.2) is 5.43 Å². The van der Waals surface area contributed by atoms with Crippen LogP contribution in [0.2, 0.25) is 0 Å². The van der Waals surface area contributed by atoms with Crippen molar-refractivity contribution in [2.75, 3.05) is 5.32 Å². The van der Waals surface area contributed by atoms with Gasteiger partial charge in [-0.1, -0.05) is 36.4 Å². The average molecular weight is 351 g/mol. The van der Waals surface area contributed by atoms with Gasteiger partial charge in [0.05, 0.1) is 0 Å². The Bertz CT molecular complexity index is 770. The lowest BCUT2D eigenvalue weighted by molar-refractivity contribution is -0.124. The fourth-order valence-corrected chi connectivity index (χ4v) is 2.38. The molecule has 2 aromatic rings. The van der Waals surface area contributed by atoms with E-state index in [2.05, 4.69) is 28.0 Å². The maximum absolute atomic E-state index is 11.9. The van der Waals surface area contributed by atoms with E-state index in [4.69, 9.17) is 0 Å². The second kappa shape index (κ2) is 10.1. The third-order valence-electron chi connectivity index (χ3n) is 4.06. The summed E-state index contributed by atoms with van der Waals surface area (Å²) in [5.41, 5.74) is 6.72. The van der Waals surface area contributed by atoms with Crippen LogP contribution in [0.15, 0.2) is 53.6 Å². The monoisotopic (exact) mass is 351 g/mol. The quantitative estimate of drug-likeness (QED) is 0.561. The van der Waals surface area contributed by atoms with Crippen LogP contribution in [0.4, 0.5) is 5.69 Å². The van der Waals surface area contributed by atoms with E-state index in [1.165, 1.54) is 11.1 Å². The Balaban J connectivity index is 1.63. The smallest absolute Gasteiger partial charge is 0.240 e. The summed E-state index contributed by atoms with van der Waals surface area (Å²) >= 11 is 0. The third kappa shape index (κ3) is 6.89. The van der Waals surface area contributed by atoms with E-state index < -0.39 is 0 Å². The van der Waals surface area contributed by atoms with Crippen molar-refractivity contribution < 1.29 is 9.59 Å². The molecule has 5 nitrogen and oxygen atoms in total. The Morgan fingerprint density at radius 3 is 2.42 bits per heavy atom. The minimum Gasteiger partial charge on any atom is -0.326 e. The van der Waals surface area contributed by atoms with Gasteiger partial charge in [-0.3, -0.25) is 9.59 Å². The summed E-state index contributed by atoms with van der Waals surface area (Å²) in [6.45, 7) is 4.01. The molecule has 5 heteroatoms. The van der Waals surface area contributed by atoms with Crippen molar-refractivity contribution in [2.45, 2.75) is 39.5 Å². The van der Waals surface area contributed by atoms with Crippen LogP contribution >= 0.6 is 0 Å². The zero-order chi connectivity index (χ0) is 18.8. The normalized spacial score (nSPS) is 10.7. The van der Waals surface area contributed by atoms with Crippen molar-refractivity contribution in [1.82, 2.24) is 5.43 Å². The fourth-order valence-electron chi connectivity index (χ4n) is 2.38. The van der Waals surface area contributed by atoms with Crippen LogP contribution < -0.4 is 10.7 Å². The lowest BCUT2D eigenvalue weighted by Crippen LogP contribution is -2.20. The summed E-state index contributed by atoms with van der Waals surface area (Å²) in [7, 11) is 0. The van der Waals surface area contributed by atoms with E-state index in [9.17, 15) is 9.59 Å². The molecule has 0 unspecified atom stereocenters. The Morgan fingerprint density at radius 1 is 0.962 bits per heavy atom. The number of aryl methyl sites for hydroxylation is 3. The number of amides is 2. The summed E-state index contributed by atoms with van der Waals surface area (Å²) in [6.07, 6.45) is 3.53. The minimum atomic E-state index is -0.267. The maximum Gasteiger partial charge on any atom is 0.240 e. The predicted molar refractivity (Wildman–Crippen MR) is 105 cm³/mol. The van der Waals surface area contributed by atoms with Gasteiger partial charge in [0, 0.05) is 24.7 Å². The van der Waals surface area contributed by atoms with Crippen LogP contribution in [0.1, 0.15) is 36.0 Å². The van der Waals surface area contributed by atoms with Gasteiger partial charge >= 0.3 is 0 Å². The van der Waals surface area contributed by atoms with E-state index in [1.807, 2.05) is 50.2 Å². The molecule has 0 fully saturated rings. The zero-order valence-electron chi connectivity index (χ0n) is 15.3. The Morgan fingerprint density at radius 2 is 1.69 bits per heavy atom. The summed E-state index contributed by atoms with van der Waals surface area (Å²) in [5, 5.41) is 6.72. The van der Waals surface area contributed by atoms with Gasteiger partial charge < -0.3 is 5.32 Å². The molecule has 0 heterocycles. The highest BCUT2D eigenvalue weighted by Gasteiger charge is 2.07. The second-order valence-electron chi connectivity index (χ2n) is 6.22. The topological polar surface area (TPSA) is 70.6 Å². The first-order valence-electron chi connectivity index (χ1n) is 8.76. The van der Waals surface area contributed by atoms with E-state index >= 15 is 0 Å². The number of rotatable bonds is 8. The molecule has 2 amide bonds. The molecule has 0 radical (unpaired) electrons. The molecule has 0 aromatic heterocycles. The van der Waals surface area contributed by atoms with Crippen LogP contribution in [0, 0.1) is 13.8 Å². The van der Waals surface area contributed by atoms with E-state index in [1.54, 1.807) is 6.21 Å². The van der Waals surface area contributed by atoms with Crippen LogP contribution in [0.25, 0.3) is 0 Å². The molecule has 26 heavy (non-hydrogen) atoms. The Hall–Kier alpha value is -2.95. The summed E-state index contributed by atoms with van der Waals surface area (Å²) in [4.78, 5) is 23.6. The number of hydrogen-bond acceptors (Lipinski definition) is 3. The molecule has 0 aliphatic carbocycles. The van der Waals surface area contributed by atoms with Gasteiger partial charge in [-0.15, -0.1) is 0 Å². The number of benzene rings is 2. The molecule has 0 bridgehead atoms. The molecule has 0 aliphatic rings. The SMILES string of the molecule is Cc1ccc(NC(=O)CCC(=O)NN=CCCc2ccccc2)cc1C. The van der Waals surface area contributed by atoms with Gasteiger partial charge in [0.15, 0.2) is 0 Å². The van der Waals surface area contributed by atoms with Crippen LogP contribution in [0.5, 0.6) is 0 Å². The maximum atomic E-state index is 11.9. The van der Waals surface area contributed by atoms with Crippen molar-refractivity contribution in [3.8, 4) is 0 Å². The first-order valence-corrected chi connectivity index (χ1v) is 8.76. The largest absolute Gasteiger partial charge is 0.326 e. The van der Waals surface area contributed by atoms with E-state index in [0.29, 0.717) is 0 Å². The van der Waals surface area contributed by atoms with Crippen molar-refractivity contribution in [3.63, 3.8) is 0 Å². The standard InChI is InChI=1S/C21H25N3O2/c1-16-10-11-19(15-17(16)2)23-20(25)12-13-21(26)24-22-14-6-9-18-7-4-3-5-8-18/h3-5,7-8,10-11,14-15H,6,9,12-13H2,1-2H3,(H,23,25)(H,24,26). The van der Waals surface area contributed by atoms with Crippen molar-refractivity contribution in [1.29, 1.82) is 0 Å². The van der Waals surface area contributed by atoms with E-state index in [-0.39, 0.29) is 24.7 Å². The summed E-state index contributed by atoms with van der Waals surface area (Å²) < 4.78 is 0. The number of nitrogens with zero attached hydrogens (tertiary/aromatic N) is 1. The van der Waals surface area contributed by atoms with Gasteiger partial charge in [0.25, 0.3) is 0 Å². The summed E-state index contributed by atoms with van der Waals surface area (Å²) in [5.74, 6) is -0.451. The Kier molecular flexibility index (Phi) is 7.55. The van der Waals surface area contributed by atoms with Crippen molar-refractivity contribution >= 4 is 23.7 Å². The fraction of sp³-hybridized carbons (Fsp3) is 0.286.